The van der Waals surface area contributed by atoms with Gasteiger partial charge in [-0.1, -0.05) is 36.4 Å². The van der Waals surface area contributed by atoms with Crippen molar-refractivity contribution in [2.45, 2.75) is 31.4 Å². The minimum atomic E-state index is -5.08. The van der Waals surface area contributed by atoms with Gasteiger partial charge in [-0.15, -0.1) is 0 Å². The number of carboxylic acid groups (broad SMARTS) is 3. The summed E-state index contributed by atoms with van der Waals surface area (Å²) in [6, 6.07) is 23.0. The molecule has 4 aromatic carbocycles. The number of carbonyl (C=O) groups is 5. The number of nitrogens with one attached hydrogen (secondary N) is 1. The highest BCUT2D eigenvalue weighted by atomic mass is 19.4. The Labute approximate surface area is 365 Å². The number of anilines is 1. The van der Waals surface area contributed by atoms with Crippen LogP contribution in [0.15, 0.2) is 83.9 Å². The maximum Gasteiger partial charge on any atom is 0.490 e. The van der Waals surface area contributed by atoms with E-state index in [1.807, 2.05) is 77.2 Å². The summed E-state index contributed by atoms with van der Waals surface area (Å²) in [6.45, 7) is 6.96. The van der Waals surface area contributed by atoms with Crippen molar-refractivity contribution < 1.29 is 78.8 Å². The number of benzene rings is 4. The van der Waals surface area contributed by atoms with E-state index in [1.54, 1.807) is 6.33 Å². The van der Waals surface area contributed by atoms with Crippen molar-refractivity contribution in [1.29, 1.82) is 0 Å². The maximum absolute atomic E-state index is 13.5. The number of halogens is 9. The molecule has 1 saturated heterocycles. The molecule has 0 radical (unpaired) electrons. The first-order chi connectivity index (χ1) is 30.9. The van der Waals surface area contributed by atoms with Gasteiger partial charge in [0, 0.05) is 66.9 Å². The Balaban J connectivity index is 0.000000324. The number of hydrogen-bond acceptors (Lipinski definition) is 10. The third-order valence-electron chi connectivity index (χ3n) is 10.2. The van der Waals surface area contributed by atoms with Crippen molar-refractivity contribution in [3.05, 3.63) is 100 Å². The molecule has 0 saturated carbocycles. The monoisotopic (exact) mass is 940 g/mol. The summed E-state index contributed by atoms with van der Waals surface area (Å²) in [5.74, 6) is -8.65. The molecule has 8 rings (SSSR count). The Bertz CT molecular complexity index is 2700. The van der Waals surface area contributed by atoms with Gasteiger partial charge < -0.3 is 30.4 Å². The first-order valence-electron chi connectivity index (χ1n) is 19.5. The second-order valence-corrected chi connectivity index (χ2v) is 14.5. The molecule has 24 heteroatoms. The number of imide groups is 1. The van der Waals surface area contributed by atoms with Crippen molar-refractivity contribution in [2.24, 2.45) is 0 Å². The Hall–Kier alpha value is -7.08. The van der Waals surface area contributed by atoms with Crippen LogP contribution in [0.5, 0.6) is 0 Å². The fourth-order valence-electron chi connectivity index (χ4n) is 7.17. The van der Waals surface area contributed by atoms with Crippen molar-refractivity contribution in [2.75, 3.05) is 57.7 Å². The Morgan fingerprint density at radius 3 is 1.59 bits per heavy atom. The van der Waals surface area contributed by atoms with E-state index >= 15 is 0 Å². The first kappa shape index (κ1) is 49.9. The number of imidazole rings is 1. The molecule has 2 amide bonds. The van der Waals surface area contributed by atoms with E-state index in [2.05, 4.69) is 20.1 Å². The smallest absolute Gasteiger partial charge is 0.475 e. The van der Waals surface area contributed by atoms with Gasteiger partial charge in [0.05, 0.1) is 21.9 Å². The third kappa shape index (κ3) is 11.8. The predicted octanol–water partition coefficient (Wildman–Crippen LogP) is 6.60. The van der Waals surface area contributed by atoms with E-state index < -0.39 is 36.4 Å². The molecule has 15 nitrogen and oxygen atoms in total. The highest BCUT2D eigenvalue weighted by Crippen LogP contribution is 2.31. The Morgan fingerprint density at radius 1 is 0.606 bits per heavy atom. The molecule has 6 aromatic rings. The number of rotatable bonds is 9. The molecule has 2 aliphatic heterocycles. The van der Waals surface area contributed by atoms with Gasteiger partial charge in [-0.3, -0.25) is 23.7 Å². The summed E-state index contributed by atoms with van der Waals surface area (Å²) in [7, 11) is 0. The minimum Gasteiger partial charge on any atom is -0.475 e. The molecule has 4 heterocycles. The van der Waals surface area contributed by atoms with E-state index in [0.29, 0.717) is 28.4 Å². The molecule has 0 atom stereocenters. The quantitative estimate of drug-likeness (QED) is 0.0524. The van der Waals surface area contributed by atoms with E-state index in [0.717, 1.165) is 91.7 Å². The van der Waals surface area contributed by atoms with Gasteiger partial charge in [0.15, 0.2) is 5.43 Å². The van der Waals surface area contributed by atoms with Crippen molar-refractivity contribution in [1.82, 2.24) is 24.1 Å². The highest BCUT2D eigenvalue weighted by molar-refractivity contribution is 6.25. The average Bonchev–Trinajstić information content (AvgIpc) is 3.69. The first-order valence-corrected chi connectivity index (χ1v) is 19.5. The van der Waals surface area contributed by atoms with Gasteiger partial charge in [-0.2, -0.15) is 39.5 Å². The normalized spacial score (nSPS) is 14.6. The second kappa shape index (κ2) is 20.4. The van der Waals surface area contributed by atoms with Gasteiger partial charge in [0.25, 0.3) is 11.8 Å². The van der Waals surface area contributed by atoms with Gasteiger partial charge in [-0.25, -0.2) is 19.4 Å². The summed E-state index contributed by atoms with van der Waals surface area (Å²) in [5.41, 5.74) is 4.72. The fourth-order valence-corrected chi connectivity index (χ4v) is 7.17. The number of fused-ring (bicyclic) bond motifs is 2. The largest absolute Gasteiger partial charge is 0.490 e. The number of para-hydroxylation sites is 1. The number of nitrogens with zero attached hydrogens (tertiary/aromatic N) is 5. The number of aliphatic carboxylic acids is 3. The van der Waals surface area contributed by atoms with Crippen molar-refractivity contribution in [3.63, 3.8) is 0 Å². The number of pyridine rings is 1. The lowest BCUT2D eigenvalue weighted by Gasteiger charge is -2.35. The van der Waals surface area contributed by atoms with Gasteiger partial charge in [-0.05, 0) is 67.7 Å². The molecular formula is C42H37F9N6O9. The molecular weight excluding hydrogens is 903 g/mol. The summed E-state index contributed by atoms with van der Waals surface area (Å²) < 4.78 is 97.2. The lowest BCUT2D eigenvalue weighted by molar-refractivity contribution is -0.193. The van der Waals surface area contributed by atoms with Crippen LogP contribution in [0.4, 0.5) is 45.2 Å². The number of alkyl halides is 9. The summed E-state index contributed by atoms with van der Waals surface area (Å²) in [6.07, 6.45) is -11.7. The zero-order valence-corrected chi connectivity index (χ0v) is 34.0. The van der Waals surface area contributed by atoms with Gasteiger partial charge in [0.1, 0.15) is 6.33 Å². The van der Waals surface area contributed by atoms with Gasteiger partial charge >= 0.3 is 36.4 Å². The highest BCUT2D eigenvalue weighted by Gasteiger charge is 2.39. The number of aromatic nitrogens is 2. The zero-order chi connectivity index (χ0) is 48.7. The molecule has 0 spiro atoms. The molecule has 66 heavy (non-hydrogen) atoms. The third-order valence-corrected chi connectivity index (χ3v) is 10.2. The maximum atomic E-state index is 13.5. The minimum absolute atomic E-state index is 0.0408. The van der Waals surface area contributed by atoms with Crippen LogP contribution in [0.2, 0.25) is 0 Å². The van der Waals surface area contributed by atoms with Crippen LogP contribution < -0.4 is 10.7 Å². The molecule has 0 bridgehead atoms. The number of piperazine rings is 1. The Morgan fingerprint density at radius 2 is 1.09 bits per heavy atom. The molecule has 0 aliphatic carbocycles. The van der Waals surface area contributed by atoms with E-state index in [4.69, 9.17) is 29.7 Å². The van der Waals surface area contributed by atoms with Crippen LogP contribution in [0.3, 0.4) is 0 Å². The van der Waals surface area contributed by atoms with Crippen LogP contribution in [-0.4, -0.2) is 140 Å². The van der Waals surface area contributed by atoms with E-state index in [-0.39, 0.29) is 17.2 Å². The lowest BCUT2D eigenvalue weighted by atomic mass is 9.94. The molecule has 2 aromatic heterocycles. The molecule has 2 aliphatic rings. The van der Waals surface area contributed by atoms with Crippen LogP contribution in [0.1, 0.15) is 33.6 Å². The number of carboxylic acids is 3. The lowest BCUT2D eigenvalue weighted by Crippen LogP contribution is -2.48. The summed E-state index contributed by atoms with van der Waals surface area (Å²) >= 11 is 0. The van der Waals surface area contributed by atoms with Crippen LogP contribution in [0, 0.1) is 0 Å². The van der Waals surface area contributed by atoms with Gasteiger partial charge in [0.2, 0.25) is 0 Å². The average molecular weight is 941 g/mol. The number of hydrogen-bond donors (Lipinski definition) is 4. The summed E-state index contributed by atoms with van der Waals surface area (Å²) in [5, 5.41) is 28.0. The van der Waals surface area contributed by atoms with E-state index in [1.165, 1.54) is 4.90 Å². The topological polar surface area (TPSA) is 202 Å². The van der Waals surface area contributed by atoms with Crippen LogP contribution >= 0.6 is 0 Å². The van der Waals surface area contributed by atoms with Crippen molar-refractivity contribution >= 4 is 73.5 Å². The molecule has 0 unspecified atom stereocenters. The second-order valence-electron chi connectivity index (χ2n) is 14.5. The summed E-state index contributed by atoms with van der Waals surface area (Å²) in [4.78, 5) is 77.4. The zero-order valence-electron chi connectivity index (χ0n) is 34.0. The number of carbonyl (C=O) groups excluding carboxylic acids is 2. The SMILES string of the molecule is O=C(O)C(F)(F)F.O=C(O)C(F)(F)F.O=C(O)C(F)(F)F.O=C1c2cccc3cccc(c23)C(=O)N1CCCN1CCN(CCCNc2ccc3ncn4c5ccccc5c(=O)c2c34)CC1. The standard InChI is InChI=1S/C36H34N6O3.3C2HF3O2/c43-34-25-9-1-2-12-30(25)42-23-38-29-14-13-28(32(34)33(29)42)37-15-5-16-39-19-21-40(22-20-39)17-6-18-41-35(44)26-10-3-7-24-8-4-11-27(31(24)26)36(41)45;3*3-2(4,5)1(6)7/h1-4,7-14,23,37H,5-6,15-22H2;3*(H,6,7). The fraction of sp³-hybridized carbons (Fsp3) is 0.310. The van der Waals surface area contributed by atoms with E-state index in [9.17, 15) is 53.9 Å². The van der Waals surface area contributed by atoms with Crippen LogP contribution in [-0.2, 0) is 14.4 Å². The number of amides is 2. The molecule has 4 N–H and O–H groups in total. The molecule has 352 valence electrons. The Kier molecular flexibility index (Phi) is 15.4. The molecule has 1 fully saturated rings. The van der Waals surface area contributed by atoms with Crippen molar-refractivity contribution in [3.8, 4) is 0 Å². The van der Waals surface area contributed by atoms with Crippen LogP contribution in [0.25, 0.3) is 38.1 Å². The predicted molar refractivity (Wildman–Crippen MR) is 219 cm³/mol.